The number of likely N-dealkylation sites (N-methyl/N-ethyl adjacent to an activating group) is 1. The lowest BCUT2D eigenvalue weighted by Gasteiger charge is -2.18. The van der Waals surface area contributed by atoms with E-state index in [-0.39, 0.29) is 27.9 Å². The van der Waals surface area contributed by atoms with Gasteiger partial charge in [0.2, 0.25) is 21.7 Å². The van der Waals surface area contributed by atoms with Crippen molar-refractivity contribution in [2.45, 2.75) is 11.8 Å². The molecule has 3 amide bonds. The van der Waals surface area contributed by atoms with Crippen LogP contribution in [0.15, 0.2) is 41.3 Å². The Morgan fingerprint density at radius 1 is 0.912 bits per heavy atom. The normalized spacial score (nSPS) is 10.9. The lowest BCUT2D eigenvalue weighted by molar-refractivity contribution is -0.121. The van der Waals surface area contributed by atoms with Gasteiger partial charge in [-0.05, 0) is 36.4 Å². The Balaban J connectivity index is 2.03. The van der Waals surface area contributed by atoms with Gasteiger partial charge < -0.3 is 19.5 Å². The Labute approximate surface area is 197 Å². The summed E-state index contributed by atoms with van der Waals surface area (Å²) in [6, 6.07) is 8.26. The number of nitrogens with one attached hydrogen (secondary N) is 3. The molecule has 13 heteroatoms. The molecule has 0 saturated heterocycles. The summed E-state index contributed by atoms with van der Waals surface area (Å²) >= 11 is 0. The van der Waals surface area contributed by atoms with E-state index in [9.17, 15) is 22.8 Å². The molecule has 0 heterocycles. The number of hydrogen-bond donors (Lipinski definition) is 3. The van der Waals surface area contributed by atoms with Gasteiger partial charge in [-0.2, -0.15) is 4.31 Å². The van der Waals surface area contributed by atoms with Gasteiger partial charge in [0, 0.05) is 25.2 Å². The Morgan fingerprint density at radius 2 is 1.47 bits per heavy atom. The van der Waals surface area contributed by atoms with Gasteiger partial charge >= 0.3 is 0 Å². The van der Waals surface area contributed by atoms with Crippen LogP contribution >= 0.6 is 0 Å². The lowest BCUT2D eigenvalue weighted by Crippen LogP contribution is -2.46. The molecule has 0 fully saturated rings. The van der Waals surface area contributed by atoms with Crippen LogP contribution in [0.1, 0.15) is 17.3 Å². The number of rotatable bonds is 9. The van der Waals surface area contributed by atoms with Crippen molar-refractivity contribution < 1.29 is 37.0 Å². The minimum absolute atomic E-state index is 0.0710. The molecule has 0 saturated carbocycles. The van der Waals surface area contributed by atoms with Crippen molar-refractivity contribution in [1.82, 2.24) is 15.2 Å². The van der Waals surface area contributed by atoms with Crippen molar-refractivity contribution in [2.75, 3.05) is 40.2 Å². The van der Waals surface area contributed by atoms with E-state index in [1.165, 1.54) is 71.7 Å². The van der Waals surface area contributed by atoms with Gasteiger partial charge in [-0.15, -0.1) is 0 Å². The molecule has 34 heavy (non-hydrogen) atoms. The molecule has 0 radical (unpaired) electrons. The predicted octanol–water partition coefficient (Wildman–Crippen LogP) is 0.753. The average molecular weight is 495 g/mol. The molecule has 3 N–H and O–H groups in total. The number of carbonyl (C=O) groups is 3. The first-order valence-corrected chi connectivity index (χ1v) is 11.2. The highest BCUT2D eigenvalue weighted by Gasteiger charge is 2.23. The standard InChI is InChI=1S/C21H26N4O8S/c1-13(26)22-15-6-8-16(9-7-15)34(29,30)25(2)12-19(27)23-24-21(28)14-10-17(31-3)20(33-5)18(11-14)32-4/h6-11H,12H2,1-5H3,(H,22,26)(H,23,27)(H,24,28). The summed E-state index contributed by atoms with van der Waals surface area (Å²) in [7, 11) is 1.43. The zero-order chi connectivity index (χ0) is 25.5. The molecule has 0 bridgehead atoms. The Kier molecular flexibility index (Phi) is 8.81. The first kappa shape index (κ1) is 26.4. The first-order chi connectivity index (χ1) is 16.0. The van der Waals surface area contributed by atoms with E-state index in [1.54, 1.807) is 0 Å². The second kappa shape index (κ2) is 11.3. The van der Waals surface area contributed by atoms with E-state index in [0.29, 0.717) is 11.4 Å². The number of nitrogens with zero attached hydrogens (tertiary/aromatic N) is 1. The highest BCUT2D eigenvalue weighted by atomic mass is 32.2. The fourth-order valence-corrected chi connectivity index (χ4v) is 3.96. The highest BCUT2D eigenvalue weighted by Crippen LogP contribution is 2.38. The minimum Gasteiger partial charge on any atom is -0.493 e. The molecule has 2 aromatic rings. The summed E-state index contributed by atoms with van der Waals surface area (Å²) in [4.78, 5) is 35.7. The molecule has 12 nitrogen and oxygen atoms in total. The molecule has 0 aliphatic rings. The van der Waals surface area contributed by atoms with Gasteiger partial charge in [-0.3, -0.25) is 25.2 Å². The quantitative estimate of drug-likeness (QED) is 0.432. The summed E-state index contributed by atoms with van der Waals surface area (Å²) in [6.45, 7) is 0.767. The zero-order valence-corrected chi connectivity index (χ0v) is 20.1. The minimum atomic E-state index is -4.00. The van der Waals surface area contributed by atoms with Crippen molar-refractivity contribution in [3.63, 3.8) is 0 Å². The van der Waals surface area contributed by atoms with Gasteiger partial charge in [0.1, 0.15) is 0 Å². The van der Waals surface area contributed by atoms with Crippen LogP contribution in [-0.4, -0.2) is 65.4 Å². The average Bonchev–Trinajstić information content (AvgIpc) is 2.81. The number of ether oxygens (including phenoxy) is 3. The van der Waals surface area contributed by atoms with E-state index >= 15 is 0 Å². The van der Waals surface area contributed by atoms with Gasteiger partial charge in [0.15, 0.2) is 11.5 Å². The summed E-state index contributed by atoms with van der Waals surface area (Å²) < 4.78 is 41.8. The number of amides is 3. The largest absolute Gasteiger partial charge is 0.493 e. The molecule has 0 unspecified atom stereocenters. The SMILES string of the molecule is COc1cc(C(=O)NNC(=O)CN(C)S(=O)(=O)c2ccc(NC(C)=O)cc2)cc(OC)c1OC. The predicted molar refractivity (Wildman–Crippen MR) is 122 cm³/mol. The van der Waals surface area contributed by atoms with Crippen LogP contribution in [0.4, 0.5) is 5.69 Å². The fraction of sp³-hybridized carbons (Fsp3) is 0.286. The maximum absolute atomic E-state index is 12.7. The molecule has 184 valence electrons. The van der Waals surface area contributed by atoms with Crippen molar-refractivity contribution in [2.24, 2.45) is 0 Å². The smallest absolute Gasteiger partial charge is 0.269 e. The zero-order valence-electron chi connectivity index (χ0n) is 19.3. The Hall–Kier alpha value is -3.84. The molecule has 2 aromatic carbocycles. The molecule has 2 rings (SSSR count). The van der Waals surface area contributed by atoms with Gasteiger partial charge in [0.05, 0.1) is 32.8 Å². The number of anilines is 1. The Bertz CT molecular complexity index is 1140. The third-order valence-electron chi connectivity index (χ3n) is 4.49. The number of carbonyl (C=O) groups excluding carboxylic acids is 3. The molecule has 0 atom stereocenters. The molecular formula is C21H26N4O8S. The van der Waals surface area contributed by atoms with E-state index in [1.807, 2.05) is 0 Å². The second-order valence-corrected chi connectivity index (χ2v) is 8.93. The van der Waals surface area contributed by atoms with Gasteiger partial charge in [0.25, 0.3) is 11.8 Å². The topological polar surface area (TPSA) is 152 Å². The molecule has 0 spiro atoms. The van der Waals surface area contributed by atoms with E-state index < -0.39 is 28.4 Å². The number of hydrogen-bond acceptors (Lipinski definition) is 8. The number of benzene rings is 2. The summed E-state index contributed by atoms with van der Waals surface area (Å²) in [5, 5.41) is 2.53. The van der Waals surface area contributed by atoms with Crippen molar-refractivity contribution in [3.05, 3.63) is 42.0 Å². The molecule has 0 aliphatic carbocycles. The van der Waals surface area contributed by atoms with Crippen LogP contribution in [0.25, 0.3) is 0 Å². The van der Waals surface area contributed by atoms with E-state index in [0.717, 1.165) is 4.31 Å². The monoisotopic (exact) mass is 494 g/mol. The van der Waals surface area contributed by atoms with Crippen molar-refractivity contribution >= 4 is 33.4 Å². The number of hydrazine groups is 1. The summed E-state index contributed by atoms with van der Waals surface area (Å²) in [5.74, 6) is -0.976. The van der Waals surface area contributed by atoms with Gasteiger partial charge in [-0.1, -0.05) is 0 Å². The molecular weight excluding hydrogens is 468 g/mol. The first-order valence-electron chi connectivity index (χ1n) is 9.76. The van der Waals surface area contributed by atoms with Gasteiger partial charge in [-0.25, -0.2) is 8.42 Å². The van der Waals surface area contributed by atoms with Crippen LogP contribution < -0.4 is 30.4 Å². The lowest BCUT2D eigenvalue weighted by atomic mass is 10.1. The third kappa shape index (κ3) is 6.36. The van der Waals surface area contributed by atoms with Crippen LogP contribution in [0.2, 0.25) is 0 Å². The highest BCUT2D eigenvalue weighted by molar-refractivity contribution is 7.89. The molecule has 0 aliphatic heterocycles. The van der Waals surface area contributed by atoms with Crippen LogP contribution in [0.5, 0.6) is 17.2 Å². The van der Waals surface area contributed by atoms with Crippen LogP contribution in [0.3, 0.4) is 0 Å². The van der Waals surface area contributed by atoms with Crippen molar-refractivity contribution in [3.8, 4) is 17.2 Å². The number of sulfonamides is 1. The van der Waals surface area contributed by atoms with Crippen molar-refractivity contribution in [1.29, 1.82) is 0 Å². The third-order valence-corrected chi connectivity index (χ3v) is 6.31. The number of methoxy groups -OCH3 is 3. The Morgan fingerprint density at radius 3 is 1.94 bits per heavy atom. The summed E-state index contributed by atoms with van der Waals surface area (Å²) in [6.07, 6.45) is 0. The van der Waals surface area contributed by atoms with Crippen LogP contribution in [-0.2, 0) is 19.6 Å². The fourth-order valence-electron chi connectivity index (χ4n) is 2.83. The maximum Gasteiger partial charge on any atom is 0.269 e. The molecule has 0 aromatic heterocycles. The van der Waals surface area contributed by atoms with E-state index in [4.69, 9.17) is 14.2 Å². The maximum atomic E-state index is 12.7. The summed E-state index contributed by atoms with van der Waals surface area (Å²) in [5.41, 5.74) is 4.91. The van der Waals surface area contributed by atoms with E-state index in [2.05, 4.69) is 16.2 Å². The second-order valence-electron chi connectivity index (χ2n) is 6.88. The van der Waals surface area contributed by atoms with Crippen LogP contribution in [0, 0.1) is 0 Å².